The molecule has 4 rings (SSSR count). The van der Waals surface area contributed by atoms with E-state index in [-0.39, 0.29) is 11.4 Å². The number of H-pyrrole nitrogens is 1. The van der Waals surface area contributed by atoms with E-state index in [9.17, 15) is 4.39 Å². The van der Waals surface area contributed by atoms with Crippen LogP contribution in [0.1, 0.15) is 19.0 Å². The Morgan fingerprint density at radius 1 is 1.17 bits per heavy atom. The van der Waals surface area contributed by atoms with Crippen LogP contribution >= 0.6 is 0 Å². The molecular weight excluding hydrogens is 309 g/mol. The molecule has 0 spiro atoms. The standard InChI is InChI=1S/C18H18FN3O2/c1-18(22-8-2-3-9-22)11-23-17(24-12-18)16-20-10-15(21-16)13-4-6-14(19)7-5-13/h2-10,17H,11-12H2,1H3,(H,20,21). The smallest absolute Gasteiger partial charge is 0.217 e. The van der Waals surface area contributed by atoms with Crippen LogP contribution in [0, 0.1) is 5.82 Å². The molecule has 3 heterocycles. The van der Waals surface area contributed by atoms with Crippen molar-refractivity contribution in [3.8, 4) is 11.3 Å². The van der Waals surface area contributed by atoms with Gasteiger partial charge in [-0.15, -0.1) is 0 Å². The van der Waals surface area contributed by atoms with Gasteiger partial charge in [-0.05, 0) is 48.9 Å². The van der Waals surface area contributed by atoms with E-state index >= 15 is 0 Å². The zero-order chi connectivity index (χ0) is 16.6. The largest absolute Gasteiger partial charge is 0.344 e. The number of nitrogens with one attached hydrogen (secondary N) is 1. The van der Waals surface area contributed by atoms with E-state index in [1.807, 2.05) is 24.5 Å². The average molecular weight is 327 g/mol. The van der Waals surface area contributed by atoms with Gasteiger partial charge in [-0.1, -0.05) is 0 Å². The predicted molar refractivity (Wildman–Crippen MR) is 86.7 cm³/mol. The number of nitrogens with zero attached hydrogens (tertiary/aromatic N) is 2. The monoisotopic (exact) mass is 327 g/mol. The summed E-state index contributed by atoms with van der Waals surface area (Å²) in [5.41, 5.74) is 1.44. The molecule has 0 bridgehead atoms. The molecular formula is C18H18FN3O2. The molecule has 0 radical (unpaired) electrons. The summed E-state index contributed by atoms with van der Waals surface area (Å²) in [7, 11) is 0. The van der Waals surface area contributed by atoms with Gasteiger partial charge in [0, 0.05) is 12.4 Å². The van der Waals surface area contributed by atoms with E-state index in [2.05, 4.69) is 21.5 Å². The number of ether oxygens (including phenoxy) is 2. The molecule has 0 atom stereocenters. The number of aromatic nitrogens is 3. The molecule has 0 aliphatic carbocycles. The summed E-state index contributed by atoms with van der Waals surface area (Å²) in [6.45, 7) is 3.15. The lowest BCUT2D eigenvalue weighted by molar-refractivity contribution is -0.227. The Bertz CT molecular complexity index is 803. The van der Waals surface area contributed by atoms with Crippen molar-refractivity contribution in [2.24, 2.45) is 0 Å². The lowest BCUT2D eigenvalue weighted by Crippen LogP contribution is -2.44. The highest BCUT2D eigenvalue weighted by Crippen LogP contribution is 2.30. The fraction of sp³-hybridized carbons (Fsp3) is 0.278. The Labute approximate surface area is 139 Å². The minimum absolute atomic E-state index is 0.230. The first-order valence-corrected chi connectivity index (χ1v) is 7.82. The SMILES string of the molecule is CC1(n2cccc2)COC(c2ncc(-c3ccc(F)cc3)[nH]2)OC1. The first-order valence-electron chi connectivity index (χ1n) is 7.82. The van der Waals surface area contributed by atoms with Crippen LogP contribution in [0.2, 0.25) is 0 Å². The second-order valence-corrected chi connectivity index (χ2v) is 6.23. The van der Waals surface area contributed by atoms with Gasteiger partial charge in [0.05, 0.1) is 30.6 Å². The summed E-state index contributed by atoms with van der Waals surface area (Å²) in [5, 5.41) is 0. The molecule has 1 aromatic carbocycles. The fourth-order valence-electron chi connectivity index (χ4n) is 2.83. The molecule has 2 aromatic heterocycles. The average Bonchev–Trinajstić information content (AvgIpc) is 3.29. The Morgan fingerprint density at radius 3 is 2.50 bits per heavy atom. The molecule has 1 aliphatic heterocycles. The lowest BCUT2D eigenvalue weighted by atomic mass is 10.0. The summed E-state index contributed by atoms with van der Waals surface area (Å²) < 4.78 is 26.9. The molecule has 6 heteroatoms. The number of aromatic amines is 1. The third kappa shape index (κ3) is 2.74. The maximum absolute atomic E-state index is 13.0. The third-order valence-electron chi connectivity index (χ3n) is 4.29. The number of imidazole rings is 1. The van der Waals surface area contributed by atoms with Crippen molar-refractivity contribution in [3.63, 3.8) is 0 Å². The van der Waals surface area contributed by atoms with Gasteiger partial charge >= 0.3 is 0 Å². The van der Waals surface area contributed by atoms with Gasteiger partial charge in [0.1, 0.15) is 5.82 Å². The summed E-state index contributed by atoms with van der Waals surface area (Å²) in [6.07, 6.45) is 5.19. The quantitative estimate of drug-likeness (QED) is 0.801. The highest BCUT2D eigenvalue weighted by molar-refractivity contribution is 5.58. The van der Waals surface area contributed by atoms with Crippen LogP contribution in [0.25, 0.3) is 11.3 Å². The van der Waals surface area contributed by atoms with Gasteiger partial charge in [-0.2, -0.15) is 0 Å². The fourth-order valence-corrected chi connectivity index (χ4v) is 2.83. The summed E-state index contributed by atoms with van der Waals surface area (Å²) in [6, 6.07) is 10.2. The van der Waals surface area contributed by atoms with Gasteiger partial charge in [-0.3, -0.25) is 0 Å². The first-order chi connectivity index (χ1) is 11.6. The highest BCUT2D eigenvalue weighted by atomic mass is 19.1. The molecule has 1 fully saturated rings. The van der Waals surface area contributed by atoms with Gasteiger partial charge in [0.25, 0.3) is 0 Å². The van der Waals surface area contributed by atoms with Gasteiger partial charge < -0.3 is 19.0 Å². The van der Waals surface area contributed by atoms with Gasteiger partial charge in [-0.25, -0.2) is 9.37 Å². The molecule has 5 nitrogen and oxygen atoms in total. The molecule has 1 saturated heterocycles. The van der Waals surface area contributed by atoms with Crippen molar-refractivity contribution < 1.29 is 13.9 Å². The van der Waals surface area contributed by atoms with Crippen LogP contribution in [0.4, 0.5) is 4.39 Å². The van der Waals surface area contributed by atoms with E-state index in [1.54, 1.807) is 18.3 Å². The van der Waals surface area contributed by atoms with Crippen molar-refractivity contribution in [2.75, 3.05) is 13.2 Å². The van der Waals surface area contributed by atoms with Crippen LogP contribution in [0.3, 0.4) is 0 Å². The maximum Gasteiger partial charge on any atom is 0.217 e. The zero-order valence-corrected chi connectivity index (χ0v) is 13.3. The second-order valence-electron chi connectivity index (χ2n) is 6.23. The van der Waals surface area contributed by atoms with Crippen molar-refractivity contribution in [2.45, 2.75) is 18.8 Å². The van der Waals surface area contributed by atoms with Gasteiger partial charge in [0.15, 0.2) is 5.82 Å². The topological polar surface area (TPSA) is 52.1 Å². The van der Waals surface area contributed by atoms with Crippen molar-refractivity contribution in [1.29, 1.82) is 0 Å². The van der Waals surface area contributed by atoms with E-state index in [0.717, 1.165) is 11.3 Å². The summed E-state index contributed by atoms with van der Waals surface area (Å²) >= 11 is 0. The van der Waals surface area contributed by atoms with Crippen LogP contribution in [0.15, 0.2) is 55.0 Å². The molecule has 1 N–H and O–H groups in total. The predicted octanol–water partition coefficient (Wildman–Crippen LogP) is 3.48. The Kier molecular flexibility index (Phi) is 3.70. The first kappa shape index (κ1) is 15.1. The van der Waals surface area contributed by atoms with Crippen LogP contribution in [0.5, 0.6) is 0 Å². The van der Waals surface area contributed by atoms with E-state index in [0.29, 0.717) is 19.0 Å². The van der Waals surface area contributed by atoms with Crippen LogP contribution < -0.4 is 0 Å². The number of hydrogen-bond acceptors (Lipinski definition) is 3. The van der Waals surface area contributed by atoms with E-state index in [1.165, 1.54) is 12.1 Å². The van der Waals surface area contributed by atoms with Crippen LogP contribution in [-0.2, 0) is 15.0 Å². The Hall–Kier alpha value is -2.44. The maximum atomic E-state index is 13.0. The normalized spacial score (nSPS) is 24.2. The Morgan fingerprint density at radius 2 is 1.83 bits per heavy atom. The van der Waals surface area contributed by atoms with E-state index < -0.39 is 6.29 Å². The summed E-state index contributed by atoms with van der Waals surface area (Å²) in [5.74, 6) is 0.352. The van der Waals surface area contributed by atoms with Crippen molar-refractivity contribution in [1.82, 2.24) is 14.5 Å². The Balaban J connectivity index is 1.48. The summed E-state index contributed by atoms with van der Waals surface area (Å²) in [4.78, 5) is 7.53. The van der Waals surface area contributed by atoms with E-state index in [4.69, 9.17) is 9.47 Å². The molecule has 124 valence electrons. The molecule has 24 heavy (non-hydrogen) atoms. The molecule has 3 aromatic rings. The number of rotatable bonds is 3. The van der Waals surface area contributed by atoms with Crippen molar-refractivity contribution in [3.05, 3.63) is 66.6 Å². The van der Waals surface area contributed by atoms with Crippen LogP contribution in [-0.4, -0.2) is 27.7 Å². The molecule has 0 unspecified atom stereocenters. The lowest BCUT2D eigenvalue weighted by Gasteiger charge is -2.37. The molecule has 1 aliphatic rings. The molecule has 0 amide bonds. The minimum atomic E-state index is -0.525. The third-order valence-corrected chi connectivity index (χ3v) is 4.29. The highest BCUT2D eigenvalue weighted by Gasteiger charge is 2.35. The van der Waals surface area contributed by atoms with Crippen molar-refractivity contribution >= 4 is 0 Å². The number of halogens is 1. The zero-order valence-electron chi connectivity index (χ0n) is 13.3. The molecule has 0 saturated carbocycles. The second kappa shape index (κ2) is 5.89. The minimum Gasteiger partial charge on any atom is -0.344 e. The van der Waals surface area contributed by atoms with Gasteiger partial charge in [0.2, 0.25) is 6.29 Å². The number of hydrogen-bond donors (Lipinski definition) is 1. The number of benzene rings is 1.